The van der Waals surface area contributed by atoms with Gasteiger partial charge in [-0.05, 0) is 48.0 Å². The first-order valence-corrected chi connectivity index (χ1v) is 9.82. The van der Waals surface area contributed by atoms with Crippen LogP contribution in [0.1, 0.15) is 15.9 Å². The first kappa shape index (κ1) is 23.4. The maximum absolute atomic E-state index is 13.5. The van der Waals surface area contributed by atoms with Gasteiger partial charge in [0.15, 0.2) is 0 Å². The number of benzene rings is 3. The third kappa shape index (κ3) is 6.14. The number of halogens is 2. The van der Waals surface area contributed by atoms with Crippen LogP contribution < -0.4 is 15.4 Å². The van der Waals surface area contributed by atoms with Gasteiger partial charge >= 0.3 is 0 Å². The van der Waals surface area contributed by atoms with Crippen molar-refractivity contribution in [3.05, 3.63) is 105 Å². The van der Waals surface area contributed by atoms with Crippen LogP contribution in [0.2, 0.25) is 5.02 Å². The molecule has 0 unspecified atom stereocenters. The van der Waals surface area contributed by atoms with Crippen molar-refractivity contribution in [2.75, 3.05) is 12.4 Å². The molecule has 0 aliphatic carbocycles. The molecule has 2 amide bonds. The number of carbonyl (C=O) groups is 2. The third-order valence-corrected chi connectivity index (χ3v) is 4.70. The lowest BCUT2D eigenvalue weighted by atomic mass is 10.1. The number of carbonyl (C=O) groups excluding carboxylic acids is 2. The minimum absolute atomic E-state index is 0.0703. The molecule has 3 aromatic carbocycles. The smallest absolute Gasteiger partial charge is 0.272 e. The summed E-state index contributed by atoms with van der Waals surface area (Å²) in [4.78, 5) is 36.2. The van der Waals surface area contributed by atoms with Crippen LogP contribution in [0.4, 0.5) is 15.8 Å². The number of non-ortho nitro benzene ring substituents is 1. The topological polar surface area (TPSA) is 111 Å². The van der Waals surface area contributed by atoms with E-state index in [9.17, 15) is 24.1 Å². The predicted octanol–water partition coefficient (Wildman–Crippen LogP) is 4.81. The Morgan fingerprint density at radius 2 is 1.85 bits per heavy atom. The Kier molecular flexibility index (Phi) is 7.37. The lowest BCUT2D eigenvalue weighted by Gasteiger charge is -2.12. The van der Waals surface area contributed by atoms with Crippen LogP contribution in [0.5, 0.6) is 5.75 Å². The predicted molar refractivity (Wildman–Crippen MR) is 122 cm³/mol. The van der Waals surface area contributed by atoms with E-state index in [0.717, 1.165) is 6.07 Å². The van der Waals surface area contributed by atoms with E-state index in [4.69, 9.17) is 16.3 Å². The number of nitrogens with zero attached hydrogens (tertiary/aromatic N) is 1. The van der Waals surface area contributed by atoms with Crippen molar-refractivity contribution >= 4 is 40.9 Å². The normalized spacial score (nSPS) is 10.9. The minimum atomic E-state index is -0.773. The van der Waals surface area contributed by atoms with Gasteiger partial charge in [-0.2, -0.15) is 0 Å². The molecular formula is C23H17ClFN3O5. The van der Waals surface area contributed by atoms with Crippen molar-refractivity contribution in [2.24, 2.45) is 0 Å². The first-order valence-electron chi connectivity index (χ1n) is 9.45. The van der Waals surface area contributed by atoms with Gasteiger partial charge < -0.3 is 15.4 Å². The van der Waals surface area contributed by atoms with Crippen molar-refractivity contribution in [1.29, 1.82) is 0 Å². The highest BCUT2D eigenvalue weighted by molar-refractivity contribution is 6.34. The average Bonchev–Trinajstić information content (AvgIpc) is 2.78. The van der Waals surface area contributed by atoms with Gasteiger partial charge in [-0.1, -0.05) is 29.8 Å². The van der Waals surface area contributed by atoms with Gasteiger partial charge in [-0.3, -0.25) is 19.7 Å². The fourth-order valence-electron chi connectivity index (χ4n) is 2.81. The molecule has 0 atom stereocenters. The van der Waals surface area contributed by atoms with Crippen molar-refractivity contribution in [3.63, 3.8) is 0 Å². The van der Waals surface area contributed by atoms with E-state index in [-0.39, 0.29) is 33.2 Å². The summed E-state index contributed by atoms with van der Waals surface area (Å²) in [6.07, 6.45) is 1.26. The molecule has 3 rings (SSSR count). The summed E-state index contributed by atoms with van der Waals surface area (Å²) < 4.78 is 18.6. The number of methoxy groups -OCH3 is 1. The van der Waals surface area contributed by atoms with Crippen LogP contribution >= 0.6 is 11.6 Å². The van der Waals surface area contributed by atoms with Gasteiger partial charge in [0.1, 0.15) is 17.3 Å². The summed E-state index contributed by atoms with van der Waals surface area (Å²) in [6, 6.07) is 15.1. The van der Waals surface area contributed by atoms with Crippen LogP contribution in [0.25, 0.3) is 6.08 Å². The Bertz CT molecular complexity index is 1260. The maximum atomic E-state index is 13.5. The Morgan fingerprint density at radius 1 is 1.09 bits per heavy atom. The molecule has 0 heterocycles. The summed E-state index contributed by atoms with van der Waals surface area (Å²) in [5, 5.41) is 16.1. The summed E-state index contributed by atoms with van der Waals surface area (Å²) in [6.45, 7) is 0. The quantitative estimate of drug-likeness (QED) is 0.293. The lowest BCUT2D eigenvalue weighted by Crippen LogP contribution is -2.31. The summed E-state index contributed by atoms with van der Waals surface area (Å²) in [5.41, 5.74) is 0.0761. The van der Waals surface area contributed by atoms with Crippen LogP contribution in [-0.2, 0) is 4.79 Å². The zero-order valence-corrected chi connectivity index (χ0v) is 17.9. The van der Waals surface area contributed by atoms with E-state index in [2.05, 4.69) is 10.6 Å². The summed E-state index contributed by atoms with van der Waals surface area (Å²) in [5.74, 6) is -1.60. The molecular weight excluding hydrogens is 453 g/mol. The van der Waals surface area contributed by atoms with Gasteiger partial charge in [0.25, 0.3) is 17.5 Å². The van der Waals surface area contributed by atoms with Gasteiger partial charge in [0.2, 0.25) is 0 Å². The number of nitrogens with one attached hydrogen (secondary N) is 2. The molecule has 3 aromatic rings. The summed E-state index contributed by atoms with van der Waals surface area (Å²) >= 11 is 6.15. The molecule has 0 bridgehead atoms. The molecule has 0 saturated heterocycles. The molecule has 0 fully saturated rings. The molecule has 0 aromatic heterocycles. The van der Waals surface area contributed by atoms with Crippen LogP contribution in [0.15, 0.2) is 72.4 Å². The van der Waals surface area contributed by atoms with E-state index in [0.29, 0.717) is 5.75 Å². The van der Waals surface area contributed by atoms with E-state index in [1.165, 1.54) is 73.8 Å². The first-order chi connectivity index (χ1) is 15.8. The molecule has 0 radical (unpaired) electrons. The second-order valence-electron chi connectivity index (χ2n) is 6.67. The molecule has 168 valence electrons. The largest absolute Gasteiger partial charge is 0.497 e. The van der Waals surface area contributed by atoms with Gasteiger partial charge in [0, 0.05) is 17.8 Å². The van der Waals surface area contributed by atoms with Crippen LogP contribution in [0, 0.1) is 15.9 Å². The number of hydrogen-bond donors (Lipinski definition) is 2. The zero-order valence-electron chi connectivity index (χ0n) is 17.2. The number of hydrogen-bond acceptors (Lipinski definition) is 5. The molecule has 0 aliphatic heterocycles. The standard InChI is InChI=1S/C23H17ClFN3O5/c1-33-18-8-9-19(20(24)13-18)22(29)27-21(11-14-4-2-7-17(10-14)28(31)32)23(30)26-16-6-3-5-15(25)12-16/h2-13H,1H3,(H,26,30)(H,27,29). The van der Waals surface area contributed by atoms with E-state index < -0.39 is 22.6 Å². The van der Waals surface area contributed by atoms with Crippen LogP contribution in [-0.4, -0.2) is 23.8 Å². The number of anilines is 1. The lowest BCUT2D eigenvalue weighted by molar-refractivity contribution is -0.384. The van der Waals surface area contributed by atoms with Crippen molar-refractivity contribution in [1.82, 2.24) is 5.32 Å². The fourth-order valence-corrected chi connectivity index (χ4v) is 3.07. The molecule has 0 spiro atoms. The second kappa shape index (κ2) is 10.4. The number of amides is 2. The Balaban J connectivity index is 1.95. The highest BCUT2D eigenvalue weighted by atomic mass is 35.5. The highest BCUT2D eigenvalue weighted by Crippen LogP contribution is 2.23. The Morgan fingerprint density at radius 3 is 2.52 bits per heavy atom. The SMILES string of the molecule is COc1ccc(C(=O)NC(=Cc2cccc([N+](=O)[O-])c2)C(=O)Nc2cccc(F)c2)c(Cl)c1. The number of ether oxygens (including phenoxy) is 1. The Labute approximate surface area is 192 Å². The highest BCUT2D eigenvalue weighted by Gasteiger charge is 2.18. The number of nitro benzene ring substituents is 1. The number of nitro groups is 1. The van der Waals surface area contributed by atoms with E-state index in [1.54, 1.807) is 0 Å². The van der Waals surface area contributed by atoms with Crippen LogP contribution in [0.3, 0.4) is 0 Å². The minimum Gasteiger partial charge on any atom is -0.497 e. The summed E-state index contributed by atoms with van der Waals surface area (Å²) in [7, 11) is 1.45. The molecule has 10 heteroatoms. The maximum Gasteiger partial charge on any atom is 0.272 e. The zero-order chi connectivity index (χ0) is 24.0. The third-order valence-electron chi connectivity index (χ3n) is 4.39. The monoisotopic (exact) mass is 469 g/mol. The van der Waals surface area contributed by atoms with Gasteiger partial charge in [0.05, 0.1) is 22.6 Å². The number of rotatable bonds is 7. The van der Waals surface area contributed by atoms with Gasteiger partial charge in [-0.15, -0.1) is 0 Å². The van der Waals surface area contributed by atoms with E-state index in [1.807, 2.05) is 0 Å². The van der Waals surface area contributed by atoms with Gasteiger partial charge in [-0.25, -0.2) is 4.39 Å². The molecule has 8 nitrogen and oxygen atoms in total. The Hall–Kier alpha value is -4.24. The molecule has 33 heavy (non-hydrogen) atoms. The second-order valence-corrected chi connectivity index (χ2v) is 7.08. The van der Waals surface area contributed by atoms with Crippen molar-refractivity contribution < 1.29 is 23.6 Å². The molecule has 2 N–H and O–H groups in total. The molecule has 0 saturated carbocycles. The molecule has 0 aliphatic rings. The van der Waals surface area contributed by atoms with Crippen molar-refractivity contribution in [2.45, 2.75) is 0 Å². The average molecular weight is 470 g/mol. The fraction of sp³-hybridized carbons (Fsp3) is 0.0435. The van der Waals surface area contributed by atoms with E-state index >= 15 is 0 Å². The van der Waals surface area contributed by atoms with Crippen molar-refractivity contribution in [3.8, 4) is 5.75 Å².